The molecular weight excluding hydrogens is 372 g/mol. The Morgan fingerprint density at radius 1 is 1.37 bits per heavy atom. The van der Waals surface area contributed by atoms with Crippen molar-refractivity contribution in [3.8, 4) is 0 Å². The van der Waals surface area contributed by atoms with Crippen LogP contribution in [0.1, 0.15) is 37.2 Å². The van der Waals surface area contributed by atoms with Gasteiger partial charge in [-0.25, -0.2) is 0 Å². The SMILES string of the molecule is [2H]C([2H])([2H])N1C[C@H](CCC)CC1C(=O)N[C@@H]([C@H]1O[C@H](SC)C(O)C(O)[C@H]1O)[C@@H](C)O. The highest BCUT2D eigenvalue weighted by Crippen LogP contribution is 2.30. The summed E-state index contributed by atoms with van der Waals surface area (Å²) < 4.78 is 29.0. The van der Waals surface area contributed by atoms with Gasteiger partial charge in [0.15, 0.2) is 0 Å². The van der Waals surface area contributed by atoms with Crippen LogP contribution in [-0.4, -0.2) is 99.0 Å². The van der Waals surface area contributed by atoms with Gasteiger partial charge in [-0.2, -0.15) is 0 Å². The molecule has 0 aromatic heterocycles. The van der Waals surface area contributed by atoms with Gasteiger partial charge in [-0.3, -0.25) is 9.69 Å². The number of likely N-dealkylation sites (tertiary alicyclic amines) is 1. The Labute approximate surface area is 169 Å². The predicted molar refractivity (Wildman–Crippen MR) is 103 cm³/mol. The monoisotopic (exact) mass is 409 g/mol. The number of carbonyl (C=O) groups excluding carboxylic acids is 1. The molecule has 2 saturated heterocycles. The number of likely N-dealkylation sites (N-methyl/N-ethyl adjacent to an activating group) is 1. The summed E-state index contributed by atoms with van der Waals surface area (Å²) in [6, 6.07) is -2.00. The van der Waals surface area contributed by atoms with E-state index in [2.05, 4.69) is 5.32 Å². The molecule has 0 aromatic rings. The average Bonchev–Trinajstić information content (AvgIpc) is 3.09. The molecule has 27 heavy (non-hydrogen) atoms. The number of nitrogens with one attached hydrogen (secondary N) is 1. The van der Waals surface area contributed by atoms with E-state index in [-0.39, 0.29) is 12.5 Å². The Morgan fingerprint density at radius 2 is 2.07 bits per heavy atom. The molecular formula is C18H34N2O6S. The number of ether oxygens (including phenoxy) is 1. The van der Waals surface area contributed by atoms with Crippen LogP contribution < -0.4 is 5.32 Å². The molecule has 8 nitrogen and oxygen atoms in total. The Balaban J connectivity index is 2.20. The van der Waals surface area contributed by atoms with Crippen molar-refractivity contribution in [1.29, 1.82) is 0 Å². The number of nitrogens with zero attached hydrogens (tertiary/aromatic N) is 1. The topological polar surface area (TPSA) is 122 Å². The maximum absolute atomic E-state index is 13.0. The van der Waals surface area contributed by atoms with Crippen LogP contribution in [0.25, 0.3) is 0 Å². The second kappa shape index (κ2) is 9.87. The summed E-state index contributed by atoms with van der Waals surface area (Å²) in [5.41, 5.74) is -0.856. The molecule has 5 N–H and O–H groups in total. The zero-order valence-corrected chi connectivity index (χ0v) is 16.8. The maximum Gasteiger partial charge on any atom is 0.237 e. The molecule has 2 heterocycles. The number of hydrogen-bond donors (Lipinski definition) is 5. The molecule has 0 saturated carbocycles. The summed E-state index contributed by atoms with van der Waals surface area (Å²) in [6.07, 6.45) is -3.00. The van der Waals surface area contributed by atoms with Crippen LogP contribution in [0.2, 0.25) is 0 Å². The minimum atomic E-state index is -2.43. The Hall–Kier alpha value is -0.420. The van der Waals surface area contributed by atoms with Gasteiger partial charge in [-0.05, 0) is 38.9 Å². The molecule has 2 aliphatic rings. The van der Waals surface area contributed by atoms with E-state index in [1.165, 1.54) is 11.8 Å². The van der Waals surface area contributed by atoms with Crippen molar-refractivity contribution < 1.29 is 34.1 Å². The molecule has 2 fully saturated rings. The van der Waals surface area contributed by atoms with Crippen LogP contribution in [0, 0.1) is 5.92 Å². The molecule has 3 unspecified atom stereocenters. The van der Waals surface area contributed by atoms with Crippen molar-refractivity contribution in [3.63, 3.8) is 0 Å². The lowest BCUT2D eigenvalue weighted by molar-refractivity contribution is -0.211. The van der Waals surface area contributed by atoms with E-state index in [0.717, 1.165) is 24.6 Å². The van der Waals surface area contributed by atoms with Crippen LogP contribution in [0.15, 0.2) is 0 Å². The highest BCUT2D eigenvalue weighted by molar-refractivity contribution is 7.99. The van der Waals surface area contributed by atoms with Crippen molar-refractivity contribution in [2.45, 2.75) is 81.1 Å². The summed E-state index contributed by atoms with van der Waals surface area (Å²) in [5.74, 6) is -0.502. The molecule has 9 atom stereocenters. The third-order valence-corrected chi connectivity index (χ3v) is 6.26. The Kier molecular flexibility index (Phi) is 6.80. The molecule has 0 radical (unpaired) electrons. The van der Waals surface area contributed by atoms with Gasteiger partial charge in [0.05, 0.1) is 18.2 Å². The summed E-state index contributed by atoms with van der Waals surface area (Å²) in [6.45, 7) is 1.25. The summed E-state index contributed by atoms with van der Waals surface area (Å²) in [4.78, 5) is 14.2. The molecule has 2 aliphatic heterocycles. The first-order valence-electron chi connectivity index (χ1n) is 10.9. The van der Waals surface area contributed by atoms with E-state index in [1.807, 2.05) is 6.92 Å². The van der Waals surface area contributed by atoms with E-state index in [4.69, 9.17) is 8.85 Å². The molecule has 0 aliphatic carbocycles. The minimum absolute atomic E-state index is 0.0746. The fourth-order valence-electron chi connectivity index (χ4n) is 3.89. The third kappa shape index (κ3) is 5.14. The number of rotatable bonds is 7. The molecule has 0 spiro atoms. The molecule has 0 bridgehead atoms. The Bertz CT molecular complexity index is 583. The lowest BCUT2D eigenvalue weighted by Crippen LogP contribution is -2.65. The van der Waals surface area contributed by atoms with Gasteiger partial charge in [0.1, 0.15) is 29.9 Å². The van der Waals surface area contributed by atoms with Gasteiger partial charge in [-0.15, -0.1) is 11.8 Å². The number of aliphatic hydroxyl groups is 4. The minimum Gasteiger partial charge on any atom is -0.391 e. The van der Waals surface area contributed by atoms with E-state index >= 15 is 0 Å². The highest BCUT2D eigenvalue weighted by Gasteiger charge is 2.48. The van der Waals surface area contributed by atoms with Crippen LogP contribution >= 0.6 is 11.8 Å². The first kappa shape index (κ1) is 18.6. The second-order valence-electron chi connectivity index (χ2n) is 7.51. The van der Waals surface area contributed by atoms with Crippen LogP contribution in [0.3, 0.4) is 0 Å². The fourth-order valence-corrected chi connectivity index (χ4v) is 4.57. The fraction of sp³-hybridized carbons (Fsp3) is 0.944. The Morgan fingerprint density at radius 3 is 2.63 bits per heavy atom. The number of hydrogen-bond acceptors (Lipinski definition) is 8. The van der Waals surface area contributed by atoms with Gasteiger partial charge in [0.25, 0.3) is 0 Å². The van der Waals surface area contributed by atoms with Crippen LogP contribution in [0.4, 0.5) is 0 Å². The van der Waals surface area contributed by atoms with Gasteiger partial charge < -0.3 is 30.5 Å². The number of carbonyl (C=O) groups is 1. The van der Waals surface area contributed by atoms with Crippen molar-refractivity contribution in [3.05, 3.63) is 0 Å². The summed E-state index contributed by atoms with van der Waals surface area (Å²) in [5, 5.41) is 43.5. The van der Waals surface area contributed by atoms with Crippen molar-refractivity contribution in [1.82, 2.24) is 10.2 Å². The summed E-state index contributed by atoms with van der Waals surface area (Å²) in [7, 11) is 0. The predicted octanol–water partition coefficient (Wildman–Crippen LogP) is -0.857. The van der Waals surface area contributed by atoms with E-state index in [1.54, 1.807) is 6.26 Å². The second-order valence-corrected chi connectivity index (χ2v) is 8.45. The standard InChI is InChI=1S/C18H34N2O6S/c1-5-6-10-7-11(20(3)8-10)17(25)19-12(9(2)21)16-14(23)13(22)15(24)18(26-16)27-4/h9-16,18,21-24H,5-8H2,1-4H3,(H,19,25)/t9-,10-,11?,12-,13?,14-,15?,16-,18-/m1/s1/i3D3. The van der Waals surface area contributed by atoms with Crippen molar-refractivity contribution in [2.75, 3.05) is 19.8 Å². The first-order chi connectivity index (χ1) is 13.9. The lowest BCUT2D eigenvalue weighted by Gasteiger charge is -2.44. The smallest absolute Gasteiger partial charge is 0.237 e. The lowest BCUT2D eigenvalue weighted by atomic mass is 9.92. The van der Waals surface area contributed by atoms with Crippen LogP contribution in [0.5, 0.6) is 0 Å². The number of amides is 1. The zero-order chi connectivity index (χ0) is 22.8. The normalized spacial score (nSPS) is 42.0. The van der Waals surface area contributed by atoms with E-state index in [0.29, 0.717) is 6.42 Å². The van der Waals surface area contributed by atoms with Crippen molar-refractivity contribution in [2.24, 2.45) is 5.92 Å². The van der Waals surface area contributed by atoms with Gasteiger partial charge >= 0.3 is 0 Å². The molecule has 1 amide bonds. The third-order valence-electron chi connectivity index (χ3n) is 5.41. The van der Waals surface area contributed by atoms with Crippen molar-refractivity contribution >= 4 is 17.7 Å². The van der Waals surface area contributed by atoms with Gasteiger partial charge in [-0.1, -0.05) is 13.3 Å². The van der Waals surface area contributed by atoms with E-state index < -0.39 is 60.9 Å². The molecule has 0 aromatic carbocycles. The van der Waals surface area contributed by atoms with Gasteiger partial charge in [0.2, 0.25) is 5.91 Å². The van der Waals surface area contributed by atoms with Gasteiger partial charge in [0, 0.05) is 10.7 Å². The molecule has 9 heteroatoms. The zero-order valence-electron chi connectivity index (χ0n) is 19.0. The quantitative estimate of drug-likeness (QED) is 0.368. The van der Waals surface area contributed by atoms with E-state index in [9.17, 15) is 25.2 Å². The largest absolute Gasteiger partial charge is 0.391 e. The first-order valence-corrected chi connectivity index (χ1v) is 10.7. The highest BCUT2D eigenvalue weighted by atomic mass is 32.2. The number of aliphatic hydroxyl groups excluding tert-OH is 4. The molecule has 2 rings (SSSR count). The number of thioether (sulfide) groups is 1. The average molecular weight is 410 g/mol. The maximum atomic E-state index is 13.0. The van der Waals surface area contributed by atoms with Crippen LogP contribution in [-0.2, 0) is 9.53 Å². The molecule has 158 valence electrons. The summed E-state index contributed by atoms with van der Waals surface area (Å²) >= 11 is 1.13.